The smallest absolute Gasteiger partial charge is 0.326 e. The highest BCUT2D eigenvalue weighted by Crippen LogP contribution is 2.21. The largest absolute Gasteiger partial charge is 0.480 e. The van der Waals surface area contributed by atoms with E-state index in [1.165, 1.54) is 11.9 Å². The number of nitrogens with one attached hydrogen (secondary N) is 2. The summed E-state index contributed by atoms with van der Waals surface area (Å²) in [4.78, 5) is 28.1. The summed E-state index contributed by atoms with van der Waals surface area (Å²) in [5.41, 5.74) is 5.36. The van der Waals surface area contributed by atoms with E-state index in [0.29, 0.717) is 18.8 Å². The second-order valence-corrected chi connectivity index (χ2v) is 10.9. The van der Waals surface area contributed by atoms with Crippen LogP contribution in [0.5, 0.6) is 0 Å². The molecule has 216 valence electrons. The van der Waals surface area contributed by atoms with E-state index in [9.17, 15) is 9.90 Å². The van der Waals surface area contributed by atoms with Crippen LogP contribution in [0.4, 0.5) is 11.6 Å². The van der Waals surface area contributed by atoms with Crippen LogP contribution in [0, 0.1) is 13.8 Å². The Balaban J connectivity index is 1.20. The van der Waals surface area contributed by atoms with Crippen molar-refractivity contribution in [2.75, 3.05) is 36.8 Å². The molecule has 5 rings (SSSR count). The predicted molar refractivity (Wildman–Crippen MR) is 161 cm³/mol. The molecule has 4 heterocycles. The van der Waals surface area contributed by atoms with Gasteiger partial charge in [-0.15, -0.1) is 0 Å². The zero-order valence-corrected chi connectivity index (χ0v) is 24.0. The van der Waals surface area contributed by atoms with Gasteiger partial charge in [-0.05, 0) is 88.7 Å². The van der Waals surface area contributed by atoms with E-state index in [0.717, 1.165) is 92.1 Å². The van der Waals surface area contributed by atoms with E-state index < -0.39 is 12.0 Å². The number of pyridine rings is 1. The molecule has 0 radical (unpaired) electrons. The van der Waals surface area contributed by atoms with Gasteiger partial charge >= 0.3 is 5.97 Å². The van der Waals surface area contributed by atoms with E-state index in [4.69, 9.17) is 4.98 Å². The van der Waals surface area contributed by atoms with Crippen molar-refractivity contribution in [3.05, 3.63) is 71.4 Å². The van der Waals surface area contributed by atoms with Crippen molar-refractivity contribution in [1.29, 1.82) is 0 Å². The lowest BCUT2D eigenvalue weighted by Gasteiger charge is -2.25. The first-order valence-corrected chi connectivity index (χ1v) is 14.6. The minimum Gasteiger partial charge on any atom is -0.480 e. The van der Waals surface area contributed by atoms with E-state index in [2.05, 4.69) is 55.7 Å². The average molecular weight is 557 g/mol. The summed E-state index contributed by atoms with van der Waals surface area (Å²) >= 11 is 0. The van der Waals surface area contributed by atoms with Crippen LogP contribution in [-0.2, 0) is 24.2 Å². The highest BCUT2D eigenvalue weighted by molar-refractivity contribution is 5.90. The van der Waals surface area contributed by atoms with Crippen LogP contribution in [0.25, 0.3) is 10.9 Å². The first-order valence-electron chi connectivity index (χ1n) is 14.6. The monoisotopic (exact) mass is 556 g/mol. The Labute approximate surface area is 241 Å². The standard InChI is InChI=1S/C31H40N8O2/c1-22-20-23(2)39(37-22)19-18-38(16-6-5-9-25-13-12-24-8-7-15-32-29(24)35-25)17-14-28(31(40)41)36-30-26-10-3-4-11-27(26)33-21-34-30/h3-4,10-13,20-21,28H,5-9,14-19H2,1-2H3,(H,32,35)(H,40,41)(H,33,34,36). The molecular weight excluding hydrogens is 516 g/mol. The van der Waals surface area contributed by atoms with Crippen molar-refractivity contribution in [3.63, 3.8) is 0 Å². The predicted octanol–water partition coefficient (Wildman–Crippen LogP) is 4.48. The van der Waals surface area contributed by atoms with E-state index in [1.807, 2.05) is 35.9 Å². The Bertz CT molecular complexity index is 1460. The number of aliphatic carboxylic acids is 1. The van der Waals surface area contributed by atoms with Crippen LogP contribution in [0.2, 0.25) is 0 Å². The summed E-state index contributed by atoms with van der Waals surface area (Å²) in [6.07, 6.45) is 7.14. The third-order valence-electron chi connectivity index (χ3n) is 7.73. The van der Waals surface area contributed by atoms with Gasteiger partial charge in [0.1, 0.15) is 24.0 Å². The highest BCUT2D eigenvalue weighted by atomic mass is 16.4. The summed E-state index contributed by atoms with van der Waals surface area (Å²) in [6, 6.07) is 13.3. The van der Waals surface area contributed by atoms with Gasteiger partial charge in [0.25, 0.3) is 0 Å². The topological polar surface area (TPSA) is 121 Å². The number of benzene rings is 1. The number of fused-ring (bicyclic) bond motifs is 2. The fourth-order valence-corrected chi connectivity index (χ4v) is 5.48. The average Bonchev–Trinajstić information content (AvgIpc) is 3.31. The van der Waals surface area contributed by atoms with Crippen molar-refractivity contribution in [2.45, 2.75) is 65.0 Å². The van der Waals surface area contributed by atoms with Crippen molar-refractivity contribution in [1.82, 2.24) is 29.6 Å². The number of anilines is 2. The van der Waals surface area contributed by atoms with Crippen LogP contribution in [0.1, 0.15) is 48.3 Å². The third kappa shape index (κ3) is 7.58. The maximum atomic E-state index is 12.2. The molecule has 10 heteroatoms. The number of para-hydroxylation sites is 1. The Hall–Kier alpha value is -4.05. The van der Waals surface area contributed by atoms with Gasteiger partial charge in [-0.3, -0.25) is 4.68 Å². The Morgan fingerprint density at radius 2 is 2.00 bits per heavy atom. The molecular formula is C31H40N8O2. The molecule has 10 nitrogen and oxygen atoms in total. The highest BCUT2D eigenvalue weighted by Gasteiger charge is 2.21. The number of hydrogen-bond donors (Lipinski definition) is 3. The van der Waals surface area contributed by atoms with Gasteiger partial charge in [0.05, 0.1) is 17.8 Å². The molecule has 1 aromatic carbocycles. The number of hydrogen-bond acceptors (Lipinski definition) is 8. The lowest BCUT2D eigenvalue weighted by molar-refractivity contribution is -0.138. The van der Waals surface area contributed by atoms with Gasteiger partial charge in [-0.25, -0.2) is 19.7 Å². The van der Waals surface area contributed by atoms with Crippen molar-refractivity contribution in [3.8, 4) is 0 Å². The number of aromatic nitrogens is 5. The summed E-state index contributed by atoms with van der Waals surface area (Å²) in [6.45, 7) is 8.16. The zero-order valence-electron chi connectivity index (χ0n) is 24.0. The molecule has 1 aliphatic rings. The van der Waals surface area contributed by atoms with E-state index in [1.54, 1.807) is 0 Å². The molecule has 0 saturated heterocycles. The fraction of sp³-hybridized carbons (Fsp3) is 0.452. The minimum atomic E-state index is -0.890. The minimum absolute atomic E-state index is 0.447. The Kier molecular flexibility index (Phi) is 9.40. The second kappa shape index (κ2) is 13.5. The molecule has 1 aliphatic heterocycles. The molecule has 3 aromatic heterocycles. The molecule has 0 bridgehead atoms. The van der Waals surface area contributed by atoms with Crippen LogP contribution in [0.15, 0.2) is 48.8 Å². The van der Waals surface area contributed by atoms with Crippen LogP contribution in [-0.4, -0.2) is 72.9 Å². The normalized spacial score (nSPS) is 13.6. The number of rotatable bonds is 14. The lowest BCUT2D eigenvalue weighted by atomic mass is 10.1. The molecule has 1 atom stereocenters. The number of aryl methyl sites for hydroxylation is 4. The van der Waals surface area contributed by atoms with Crippen LogP contribution in [0.3, 0.4) is 0 Å². The molecule has 0 aliphatic carbocycles. The van der Waals surface area contributed by atoms with Crippen molar-refractivity contribution in [2.24, 2.45) is 0 Å². The molecule has 41 heavy (non-hydrogen) atoms. The van der Waals surface area contributed by atoms with Crippen molar-refractivity contribution >= 4 is 28.5 Å². The summed E-state index contributed by atoms with van der Waals surface area (Å²) in [5.74, 6) is 0.700. The number of unbranched alkanes of at least 4 members (excludes halogenated alkanes) is 1. The first kappa shape index (κ1) is 28.5. The van der Waals surface area contributed by atoms with Gasteiger partial charge in [-0.2, -0.15) is 5.10 Å². The number of nitrogens with zero attached hydrogens (tertiary/aromatic N) is 6. The van der Waals surface area contributed by atoms with Gasteiger partial charge < -0.3 is 20.6 Å². The third-order valence-corrected chi connectivity index (χ3v) is 7.73. The number of carbonyl (C=O) groups is 1. The quantitative estimate of drug-likeness (QED) is 0.193. The number of carboxylic acid groups (broad SMARTS) is 1. The molecule has 0 saturated carbocycles. The SMILES string of the molecule is Cc1cc(C)n(CCN(CCCCc2ccc3c(n2)NCCC3)CCC(Nc2ncnc3ccccc23)C(=O)O)n1. The maximum absolute atomic E-state index is 12.2. The fourth-order valence-electron chi connectivity index (χ4n) is 5.48. The summed E-state index contributed by atoms with van der Waals surface area (Å²) < 4.78 is 2.03. The zero-order chi connectivity index (χ0) is 28.6. The molecule has 1 unspecified atom stereocenters. The Morgan fingerprint density at radius 3 is 2.83 bits per heavy atom. The number of carboxylic acids is 1. The summed E-state index contributed by atoms with van der Waals surface area (Å²) in [7, 11) is 0. The van der Waals surface area contributed by atoms with Gasteiger partial charge in [0, 0.05) is 36.4 Å². The summed E-state index contributed by atoms with van der Waals surface area (Å²) in [5, 5.41) is 22.1. The van der Waals surface area contributed by atoms with Gasteiger partial charge in [-0.1, -0.05) is 18.2 Å². The van der Waals surface area contributed by atoms with Gasteiger partial charge in [0.2, 0.25) is 0 Å². The van der Waals surface area contributed by atoms with Crippen LogP contribution < -0.4 is 10.6 Å². The molecule has 0 fully saturated rings. The van der Waals surface area contributed by atoms with E-state index in [-0.39, 0.29) is 0 Å². The van der Waals surface area contributed by atoms with Crippen LogP contribution >= 0.6 is 0 Å². The molecule has 3 N–H and O–H groups in total. The van der Waals surface area contributed by atoms with Gasteiger partial charge in [0.15, 0.2) is 0 Å². The Morgan fingerprint density at radius 1 is 1.12 bits per heavy atom. The molecule has 0 amide bonds. The maximum Gasteiger partial charge on any atom is 0.326 e. The second-order valence-electron chi connectivity index (χ2n) is 10.9. The first-order chi connectivity index (χ1) is 20.0. The molecule has 0 spiro atoms. The van der Waals surface area contributed by atoms with E-state index >= 15 is 0 Å². The van der Waals surface area contributed by atoms with Crippen molar-refractivity contribution < 1.29 is 9.90 Å². The molecule has 4 aromatic rings. The lowest BCUT2D eigenvalue weighted by Crippen LogP contribution is -2.37.